The van der Waals surface area contributed by atoms with Crippen molar-refractivity contribution in [3.63, 3.8) is 0 Å². The summed E-state index contributed by atoms with van der Waals surface area (Å²) in [5.74, 6) is 0. The molecule has 1 rings (SSSR count). The van der Waals surface area contributed by atoms with E-state index < -0.39 is 0 Å². The highest BCUT2D eigenvalue weighted by Crippen LogP contribution is 2.11. The van der Waals surface area contributed by atoms with Crippen LogP contribution >= 0.6 is 0 Å². The SMILES string of the molecule is CNCC=Cc1ccc(C)c(C#N)c1. The maximum atomic E-state index is 8.83. The zero-order valence-electron chi connectivity index (χ0n) is 8.54. The van der Waals surface area contributed by atoms with Crippen molar-refractivity contribution in [1.82, 2.24) is 5.32 Å². The number of hydrogen-bond donors (Lipinski definition) is 1. The molecule has 0 aliphatic rings. The summed E-state index contributed by atoms with van der Waals surface area (Å²) in [6.07, 6.45) is 4.04. The number of aryl methyl sites for hydroxylation is 1. The van der Waals surface area contributed by atoms with E-state index >= 15 is 0 Å². The smallest absolute Gasteiger partial charge is 0.0994 e. The van der Waals surface area contributed by atoms with Gasteiger partial charge < -0.3 is 5.32 Å². The van der Waals surface area contributed by atoms with Gasteiger partial charge in [-0.15, -0.1) is 0 Å². The maximum Gasteiger partial charge on any atom is 0.0994 e. The average molecular weight is 186 g/mol. The first-order chi connectivity index (χ1) is 6.77. The summed E-state index contributed by atoms with van der Waals surface area (Å²) < 4.78 is 0. The lowest BCUT2D eigenvalue weighted by molar-refractivity contribution is 0.922. The summed E-state index contributed by atoms with van der Waals surface area (Å²) in [7, 11) is 1.90. The van der Waals surface area contributed by atoms with Gasteiger partial charge in [-0.25, -0.2) is 0 Å². The lowest BCUT2D eigenvalue weighted by Gasteiger charge is -1.98. The molecule has 2 heteroatoms. The topological polar surface area (TPSA) is 35.8 Å². The van der Waals surface area contributed by atoms with Crippen LogP contribution in [0.1, 0.15) is 16.7 Å². The van der Waals surface area contributed by atoms with Crippen molar-refractivity contribution >= 4 is 6.08 Å². The van der Waals surface area contributed by atoms with Gasteiger partial charge in [0.15, 0.2) is 0 Å². The average Bonchev–Trinajstić information content (AvgIpc) is 2.21. The highest BCUT2D eigenvalue weighted by Gasteiger charge is 1.96. The van der Waals surface area contributed by atoms with Crippen LogP contribution in [-0.2, 0) is 0 Å². The molecule has 2 nitrogen and oxygen atoms in total. The Morgan fingerprint density at radius 2 is 2.29 bits per heavy atom. The number of benzene rings is 1. The maximum absolute atomic E-state index is 8.83. The van der Waals surface area contributed by atoms with Crippen LogP contribution in [0.5, 0.6) is 0 Å². The van der Waals surface area contributed by atoms with E-state index in [9.17, 15) is 0 Å². The van der Waals surface area contributed by atoms with Gasteiger partial charge in [-0.2, -0.15) is 5.26 Å². The zero-order chi connectivity index (χ0) is 10.4. The molecule has 0 saturated carbocycles. The van der Waals surface area contributed by atoms with E-state index in [1.165, 1.54) is 0 Å². The minimum Gasteiger partial charge on any atom is -0.316 e. The Labute approximate surface area is 84.9 Å². The third-order valence-electron chi connectivity index (χ3n) is 2.01. The van der Waals surface area contributed by atoms with Crippen molar-refractivity contribution in [2.24, 2.45) is 0 Å². The number of hydrogen-bond acceptors (Lipinski definition) is 2. The van der Waals surface area contributed by atoms with E-state index in [1.807, 2.05) is 44.3 Å². The summed E-state index contributed by atoms with van der Waals surface area (Å²) in [6.45, 7) is 2.79. The summed E-state index contributed by atoms with van der Waals surface area (Å²) in [6, 6.07) is 8.07. The Bertz CT molecular complexity index is 372. The fraction of sp³-hybridized carbons (Fsp3) is 0.250. The largest absolute Gasteiger partial charge is 0.316 e. The molecule has 72 valence electrons. The molecule has 0 aliphatic carbocycles. The van der Waals surface area contributed by atoms with Gasteiger partial charge in [0.05, 0.1) is 11.6 Å². The Morgan fingerprint density at radius 1 is 1.50 bits per heavy atom. The first-order valence-electron chi connectivity index (χ1n) is 4.60. The van der Waals surface area contributed by atoms with E-state index in [0.717, 1.165) is 23.2 Å². The van der Waals surface area contributed by atoms with E-state index in [2.05, 4.69) is 11.4 Å². The molecule has 0 amide bonds. The molecular weight excluding hydrogens is 172 g/mol. The highest BCUT2D eigenvalue weighted by molar-refractivity contribution is 5.54. The lowest BCUT2D eigenvalue weighted by atomic mass is 10.1. The Kier molecular flexibility index (Phi) is 3.90. The minimum atomic E-state index is 0.747. The van der Waals surface area contributed by atoms with Gasteiger partial charge in [-0.05, 0) is 31.2 Å². The molecule has 14 heavy (non-hydrogen) atoms. The van der Waals surface area contributed by atoms with Crippen molar-refractivity contribution in [3.05, 3.63) is 41.0 Å². The fourth-order valence-electron chi connectivity index (χ4n) is 1.18. The molecule has 0 aromatic heterocycles. The normalized spacial score (nSPS) is 10.4. The van der Waals surface area contributed by atoms with Crippen LogP contribution in [0.2, 0.25) is 0 Å². The van der Waals surface area contributed by atoms with Crippen LogP contribution in [0.25, 0.3) is 6.08 Å². The molecule has 0 aliphatic heterocycles. The number of likely N-dealkylation sites (N-methyl/N-ethyl adjacent to an activating group) is 1. The molecule has 1 aromatic carbocycles. The Hall–Kier alpha value is -1.59. The third-order valence-corrected chi connectivity index (χ3v) is 2.01. The van der Waals surface area contributed by atoms with Crippen LogP contribution in [0, 0.1) is 18.3 Å². The van der Waals surface area contributed by atoms with Crippen molar-refractivity contribution in [2.75, 3.05) is 13.6 Å². The molecule has 0 spiro atoms. The number of nitrogens with one attached hydrogen (secondary N) is 1. The number of rotatable bonds is 3. The zero-order valence-corrected chi connectivity index (χ0v) is 8.54. The van der Waals surface area contributed by atoms with Crippen LogP contribution in [-0.4, -0.2) is 13.6 Å². The fourth-order valence-corrected chi connectivity index (χ4v) is 1.18. The van der Waals surface area contributed by atoms with Crippen molar-refractivity contribution in [1.29, 1.82) is 5.26 Å². The predicted octanol–water partition coefficient (Wildman–Crippen LogP) is 2.10. The Morgan fingerprint density at radius 3 is 2.93 bits per heavy atom. The van der Waals surface area contributed by atoms with Gasteiger partial charge in [0, 0.05) is 6.54 Å². The van der Waals surface area contributed by atoms with Crippen LogP contribution in [0.3, 0.4) is 0 Å². The third kappa shape index (κ3) is 2.72. The molecule has 1 N–H and O–H groups in total. The quantitative estimate of drug-likeness (QED) is 0.784. The van der Waals surface area contributed by atoms with Gasteiger partial charge in [0.2, 0.25) is 0 Å². The first-order valence-corrected chi connectivity index (χ1v) is 4.60. The molecule has 0 atom stereocenters. The standard InChI is InChI=1S/C12H14N2/c1-10-5-6-11(4-3-7-14-2)8-12(10)9-13/h3-6,8,14H,7H2,1-2H3. The summed E-state index contributed by atoms with van der Waals surface area (Å²) >= 11 is 0. The predicted molar refractivity (Wildman–Crippen MR) is 58.9 cm³/mol. The van der Waals surface area contributed by atoms with Gasteiger partial charge in [-0.1, -0.05) is 24.3 Å². The number of nitrogens with zero attached hydrogens (tertiary/aromatic N) is 1. The van der Waals surface area contributed by atoms with Crippen molar-refractivity contribution in [2.45, 2.75) is 6.92 Å². The first kappa shape index (κ1) is 10.5. The van der Waals surface area contributed by atoms with Crippen LogP contribution in [0.4, 0.5) is 0 Å². The van der Waals surface area contributed by atoms with Crippen molar-refractivity contribution < 1.29 is 0 Å². The summed E-state index contributed by atoms with van der Waals surface area (Å²) in [4.78, 5) is 0. The van der Waals surface area contributed by atoms with Crippen LogP contribution < -0.4 is 5.32 Å². The molecule has 1 aromatic rings. The minimum absolute atomic E-state index is 0.747. The molecule has 0 fully saturated rings. The summed E-state index contributed by atoms with van der Waals surface area (Å²) in [5.41, 5.74) is 2.84. The van der Waals surface area contributed by atoms with E-state index in [1.54, 1.807) is 0 Å². The lowest BCUT2D eigenvalue weighted by Crippen LogP contribution is -2.03. The van der Waals surface area contributed by atoms with E-state index in [-0.39, 0.29) is 0 Å². The second-order valence-corrected chi connectivity index (χ2v) is 3.15. The molecule has 0 heterocycles. The van der Waals surface area contributed by atoms with E-state index in [4.69, 9.17) is 5.26 Å². The van der Waals surface area contributed by atoms with Crippen LogP contribution in [0.15, 0.2) is 24.3 Å². The molecule has 0 radical (unpaired) electrons. The van der Waals surface area contributed by atoms with Gasteiger partial charge in [0.25, 0.3) is 0 Å². The van der Waals surface area contributed by atoms with Gasteiger partial charge in [0.1, 0.15) is 0 Å². The second-order valence-electron chi connectivity index (χ2n) is 3.15. The van der Waals surface area contributed by atoms with Crippen molar-refractivity contribution in [3.8, 4) is 6.07 Å². The number of nitriles is 1. The van der Waals surface area contributed by atoms with Gasteiger partial charge in [-0.3, -0.25) is 0 Å². The van der Waals surface area contributed by atoms with Gasteiger partial charge >= 0.3 is 0 Å². The molecule has 0 saturated heterocycles. The monoisotopic (exact) mass is 186 g/mol. The molecule has 0 bridgehead atoms. The highest BCUT2D eigenvalue weighted by atomic mass is 14.8. The molecule has 0 unspecified atom stereocenters. The van der Waals surface area contributed by atoms with E-state index in [0.29, 0.717) is 0 Å². The molecular formula is C12H14N2. The summed E-state index contributed by atoms with van der Waals surface area (Å²) in [5, 5.41) is 11.9. The second kappa shape index (κ2) is 5.21. The Balaban J connectivity index is 2.86.